The summed E-state index contributed by atoms with van der Waals surface area (Å²) in [6, 6.07) is 6.34. The van der Waals surface area contributed by atoms with Crippen molar-refractivity contribution in [2.75, 3.05) is 18.0 Å². The van der Waals surface area contributed by atoms with Gasteiger partial charge in [0, 0.05) is 31.5 Å². The second kappa shape index (κ2) is 8.32. The summed E-state index contributed by atoms with van der Waals surface area (Å²) in [6.07, 6.45) is 0.209. The number of carbonyl (C=O) groups excluding carboxylic acids is 1. The Hall–Kier alpha value is -3.50. The van der Waals surface area contributed by atoms with Gasteiger partial charge in [0.25, 0.3) is 5.91 Å². The van der Waals surface area contributed by atoms with Crippen LogP contribution < -0.4 is 10.2 Å². The number of alkyl halides is 3. The molecule has 3 heterocycles. The minimum absolute atomic E-state index is 0.314. The normalized spacial score (nSPS) is 15.2. The lowest BCUT2D eigenvalue weighted by molar-refractivity contribution is -0.143. The highest BCUT2D eigenvalue weighted by Crippen LogP contribution is 2.34. The Bertz CT molecular complexity index is 1060. The molecule has 0 unspecified atom stereocenters. The highest BCUT2D eigenvalue weighted by atomic mass is 19.4. The Labute approximate surface area is 174 Å². The molecule has 162 valence electrons. The molecule has 0 saturated carbocycles. The van der Waals surface area contributed by atoms with Crippen LogP contribution in [0.3, 0.4) is 0 Å². The first-order valence-electron chi connectivity index (χ1n) is 9.57. The number of halogens is 4. The summed E-state index contributed by atoms with van der Waals surface area (Å²) in [6.45, 7) is 1.10. The lowest BCUT2D eigenvalue weighted by atomic mass is 10.0. The van der Waals surface area contributed by atoms with Crippen LogP contribution in [-0.4, -0.2) is 44.8 Å². The average Bonchev–Trinajstić information content (AvgIpc) is 3.21. The van der Waals surface area contributed by atoms with E-state index < -0.39 is 29.2 Å². The van der Waals surface area contributed by atoms with Gasteiger partial charge in [-0.1, -0.05) is 12.1 Å². The van der Waals surface area contributed by atoms with E-state index in [2.05, 4.69) is 20.4 Å². The second-order valence-electron chi connectivity index (χ2n) is 7.05. The topological polar surface area (TPSA) is 75.9 Å². The summed E-state index contributed by atoms with van der Waals surface area (Å²) in [5.41, 5.74) is -2.35. The fourth-order valence-electron chi connectivity index (χ4n) is 3.54. The van der Waals surface area contributed by atoms with Crippen molar-refractivity contribution in [2.24, 2.45) is 0 Å². The molecule has 1 amide bonds. The van der Waals surface area contributed by atoms with Crippen LogP contribution in [0.25, 0.3) is 5.69 Å². The predicted molar refractivity (Wildman–Crippen MR) is 103 cm³/mol. The SMILES string of the molecule is O=C(NC1CCN(c2ncccn2)CC1)c1cnn(-c2ccccc2F)c1C(F)(F)F. The summed E-state index contributed by atoms with van der Waals surface area (Å²) in [4.78, 5) is 23.0. The molecular formula is C20H18F4N6O. The number of benzene rings is 1. The quantitative estimate of drug-likeness (QED) is 0.639. The van der Waals surface area contributed by atoms with Gasteiger partial charge in [0.2, 0.25) is 5.95 Å². The molecule has 31 heavy (non-hydrogen) atoms. The first-order valence-corrected chi connectivity index (χ1v) is 9.57. The summed E-state index contributed by atoms with van der Waals surface area (Å²) < 4.78 is 55.7. The Balaban J connectivity index is 1.51. The maximum absolute atomic E-state index is 14.1. The van der Waals surface area contributed by atoms with Crippen molar-refractivity contribution in [3.05, 3.63) is 66.0 Å². The highest BCUT2D eigenvalue weighted by molar-refractivity contribution is 5.95. The van der Waals surface area contributed by atoms with Crippen molar-refractivity contribution in [2.45, 2.75) is 25.1 Å². The lowest BCUT2D eigenvalue weighted by Crippen LogP contribution is -2.45. The van der Waals surface area contributed by atoms with E-state index >= 15 is 0 Å². The van der Waals surface area contributed by atoms with E-state index in [4.69, 9.17) is 0 Å². The minimum Gasteiger partial charge on any atom is -0.349 e. The first-order chi connectivity index (χ1) is 14.8. The van der Waals surface area contributed by atoms with E-state index in [9.17, 15) is 22.4 Å². The molecule has 1 aliphatic heterocycles. The number of nitrogens with one attached hydrogen (secondary N) is 1. The zero-order valence-electron chi connectivity index (χ0n) is 16.2. The number of aromatic nitrogens is 4. The number of piperidine rings is 1. The Morgan fingerprint density at radius 1 is 1.06 bits per heavy atom. The number of rotatable bonds is 4. The Kier molecular flexibility index (Phi) is 5.57. The van der Waals surface area contributed by atoms with Gasteiger partial charge in [-0.15, -0.1) is 0 Å². The van der Waals surface area contributed by atoms with Gasteiger partial charge in [-0.05, 0) is 31.0 Å². The number of carbonyl (C=O) groups is 1. The summed E-state index contributed by atoms with van der Waals surface area (Å²) in [5.74, 6) is -1.21. The maximum atomic E-state index is 14.1. The molecule has 1 saturated heterocycles. The standard InChI is InChI=1S/C20H18F4N6O/c21-15-4-1-2-5-16(15)30-17(20(22,23)24)14(12-27-30)18(31)28-13-6-10-29(11-7-13)19-25-8-3-9-26-19/h1-5,8-9,12-13H,6-7,10-11H2,(H,28,31). The van der Waals surface area contributed by atoms with Gasteiger partial charge in [-0.3, -0.25) is 4.79 Å². The summed E-state index contributed by atoms with van der Waals surface area (Å²) in [7, 11) is 0. The molecule has 1 aromatic carbocycles. The van der Waals surface area contributed by atoms with Gasteiger partial charge in [0.15, 0.2) is 5.69 Å². The number of nitrogens with zero attached hydrogens (tertiary/aromatic N) is 5. The monoisotopic (exact) mass is 434 g/mol. The van der Waals surface area contributed by atoms with E-state index in [1.54, 1.807) is 18.5 Å². The molecule has 0 radical (unpaired) electrons. The van der Waals surface area contributed by atoms with Gasteiger partial charge in [0.1, 0.15) is 11.5 Å². The van der Waals surface area contributed by atoms with Crippen molar-refractivity contribution in [3.63, 3.8) is 0 Å². The number of hydrogen-bond acceptors (Lipinski definition) is 5. The first kappa shape index (κ1) is 20.8. The number of hydrogen-bond donors (Lipinski definition) is 1. The van der Waals surface area contributed by atoms with Crippen LogP contribution in [0.4, 0.5) is 23.5 Å². The van der Waals surface area contributed by atoms with Gasteiger partial charge in [0.05, 0.1) is 11.8 Å². The second-order valence-corrected chi connectivity index (χ2v) is 7.05. The molecule has 0 atom stereocenters. The number of amides is 1. The molecular weight excluding hydrogens is 416 g/mol. The molecule has 0 aliphatic carbocycles. The molecule has 1 N–H and O–H groups in total. The van der Waals surface area contributed by atoms with Gasteiger partial charge >= 0.3 is 6.18 Å². The largest absolute Gasteiger partial charge is 0.434 e. The Morgan fingerprint density at radius 2 is 1.74 bits per heavy atom. The van der Waals surface area contributed by atoms with E-state index in [0.717, 1.165) is 12.3 Å². The van der Waals surface area contributed by atoms with Crippen LogP contribution in [0.5, 0.6) is 0 Å². The van der Waals surface area contributed by atoms with Crippen molar-refractivity contribution in [3.8, 4) is 5.69 Å². The zero-order valence-corrected chi connectivity index (χ0v) is 16.2. The third-order valence-corrected chi connectivity index (χ3v) is 5.03. The highest BCUT2D eigenvalue weighted by Gasteiger charge is 2.41. The zero-order chi connectivity index (χ0) is 22.0. The van der Waals surface area contributed by atoms with Crippen LogP contribution in [0, 0.1) is 5.82 Å². The fraction of sp³-hybridized carbons (Fsp3) is 0.300. The van der Waals surface area contributed by atoms with Gasteiger partial charge in [-0.25, -0.2) is 19.0 Å². The van der Waals surface area contributed by atoms with Gasteiger partial charge < -0.3 is 10.2 Å². The average molecular weight is 434 g/mol. The van der Waals surface area contributed by atoms with Crippen LogP contribution in [0.15, 0.2) is 48.9 Å². The maximum Gasteiger partial charge on any atom is 0.434 e. The Morgan fingerprint density at radius 3 is 2.39 bits per heavy atom. The van der Waals surface area contributed by atoms with Crippen LogP contribution in [0.2, 0.25) is 0 Å². The molecule has 1 aliphatic rings. The predicted octanol–water partition coefficient (Wildman–Crippen LogP) is 3.22. The van der Waals surface area contributed by atoms with E-state index in [-0.39, 0.29) is 11.7 Å². The van der Waals surface area contributed by atoms with E-state index in [0.29, 0.717) is 36.6 Å². The van der Waals surface area contributed by atoms with Crippen LogP contribution in [0.1, 0.15) is 28.9 Å². The molecule has 2 aromatic heterocycles. The summed E-state index contributed by atoms with van der Waals surface area (Å²) >= 11 is 0. The summed E-state index contributed by atoms with van der Waals surface area (Å²) in [5, 5.41) is 6.30. The van der Waals surface area contributed by atoms with E-state index in [1.165, 1.54) is 18.2 Å². The number of para-hydroxylation sites is 1. The van der Waals surface area contributed by atoms with Crippen molar-refractivity contribution in [1.29, 1.82) is 0 Å². The molecule has 7 nitrogen and oxygen atoms in total. The molecule has 0 bridgehead atoms. The molecule has 4 rings (SSSR count). The van der Waals surface area contributed by atoms with Crippen molar-refractivity contribution >= 4 is 11.9 Å². The molecule has 0 spiro atoms. The van der Waals surface area contributed by atoms with E-state index in [1.807, 2.05) is 4.90 Å². The van der Waals surface area contributed by atoms with Gasteiger partial charge in [-0.2, -0.15) is 18.3 Å². The number of anilines is 1. The minimum atomic E-state index is -4.90. The third kappa shape index (κ3) is 4.35. The molecule has 3 aromatic rings. The smallest absolute Gasteiger partial charge is 0.349 e. The van der Waals surface area contributed by atoms with Crippen molar-refractivity contribution < 1.29 is 22.4 Å². The van der Waals surface area contributed by atoms with Crippen molar-refractivity contribution in [1.82, 2.24) is 25.1 Å². The lowest BCUT2D eigenvalue weighted by Gasteiger charge is -2.32. The molecule has 11 heteroatoms. The fourth-order valence-corrected chi connectivity index (χ4v) is 3.54. The third-order valence-electron chi connectivity index (χ3n) is 5.03. The molecule has 1 fully saturated rings. The van der Waals surface area contributed by atoms with Crippen LogP contribution in [-0.2, 0) is 6.18 Å². The van der Waals surface area contributed by atoms with Crippen LogP contribution >= 0.6 is 0 Å².